The van der Waals surface area contributed by atoms with Gasteiger partial charge in [0.25, 0.3) is 0 Å². The van der Waals surface area contributed by atoms with Gasteiger partial charge in [-0.1, -0.05) is 30.4 Å². The van der Waals surface area contributed by atoms with Crippen LogP contribution in [0.15, 0.2) is 53.2 Å². The topological polar surface area (TPSA) is 28.1 Å². The van der Waals surface area contributed by atoms with Crippen molar-refractivity contribution in [3.05, 3.63) is 64.5 Å². The van der Waals surface area contributed by atoms with Crippen molar-refractivity contribution < 1.29 is 0 Å². The summed E-state index contributed by atoms with van der Waals surface area (Å²) in [7, 11) is 0. The van der Waals surface area contributed by atoms with Gasteiger partial charge in [0.2, 0.25) is 0 Å². The lowest BCUT2D eigenvalue weighted by Gasteiger charge is -2.06. The molecule has 1 N–H and O–H groups in total. The van der Waals surface area contributed by atoms with Crippen LogP contribution < -0.4 is 10.6 Å². The molecular weight excluding hydrogens is 256 g/mol. The standard InChI is InChI=1S/C19H20N2/c1-4-5-6-7-17-11-18-13(2)16-10-15(8-9-20-12-16)14(3)19(18)21-17/h4-12,15,21H,1-3H3/b5-4-,7-6-. The number of H-pyrrole nitrogens is 1. The Bertz CT molecular complexity index is 823. The minimum Gasteiger partial charge on any atom is -0.355 e. The minimum absolute atomic E-state index is 0.310. The Hall–Kier alpha value is -2.35. The molecule has 1 atom stereocenters. The summed E-state index contributed by atoms with van der Waals surface area (Å²) >= 11 is 0. The van der Waals surface area contributed by atoms with E-state index in [0.717, 1.165) is 5.69 Å². The van der Waals surface area contributed by atoms with Gasteiger partial charge in [-0.15, -0.1) is 0 Å². The zero-order chi connectivity index (χ0) is 14.8. The average Bonchev–Trinajstić information content (AvgIpc) is 2.71. The molecule has 2 heteroatoms. The van der Waals surface area contributed by atoms with E-state index in [1.165, 1.54) is 27.3 Å². The quantitative estimate of drug-likeness (QED) is 0.804. The molecular formula is C19H20N2. The molecule has 0 aromatic carbocycles. The van der Waals surface area contributed by atoms with E-state index in [1.807, 2.05) is 31.5 Å². The van der Waals surface area contributed by atoms with Crippen LogP contribution in [0.5, 0.6) is 0 Å². The molecule has 0 radical (unpaired) electrons. The van der Waals surface area contributed by atoms with Crippen LogP contribution in [0.25, 0.3) is 17.2 Å². The van der Waals surface area contributed by atoms with Gasteiger partial charge in [-0.05, 0) is 49.6 Å². The molecule has 2 aliphatic rings. The molecule has 1 aromatic heterocycles. The predicted molar refractivity (Wildman–Crippen MR) is 91.3 cm³/mol. The Labute approximate surface area is 125 Å². The molecule has 2 nitrogen and oxygen atoms in total. The molecule has 3 rings (SSSR count). The number of allylic oxidation sites excluding steroid dienone is 6. The summed E-state index contributed by atoms with van der Waals surface area (Å²) in [5.41, 5.74) is 4.97. The van der Waals surface area contributed by atoms with E-state index in [2.05, 4.69) is 54.2 Å². The van der Waals surface area contributed by atoms with Crippen molar-refractivity contribution in [2.45, 2.75) is 20.8 Å². The van der Waals surface area contributed by atoms with Crippen molar-refractivity contribution in [1.29, 1.82) is 0 Å². The highest BCUT2D eigenvalue weighted by atomic mass is 14.7. The fraction of sp³-hybridized carbons (Fsp3) is 0.211. The smallest absolute Gasteiger partial charge is 0.0459 e. The maximum absolute atomic E-state index is 4.34. The van der Waals surface area contributed by atoms with Crippen LogP contribution in [0.4, 0.5) is 0 Å². The molecule has 1 aromatic rings. The molecule has 1 aliphatic heterocycles. The molecule has 0 spiro atoms. The van der Waals surface area contributed by atoms with Gasteiger partial charge in [0.15, 0.2) is 0 Å². The summed E-state index contributed by atoms with van der Waals surface area (Å²) in [5, 5.41) is 2.52. The molecule has 2 heterocycles. The largest absolute Gasteiger partial charge is 0.355 e. The highest BCUT2D eigenvalue weighted by Gasteiger charge is 2.15. The van der Waals surface area contributed by atoms with Crippen molar-refractivity contribution in [2.24, 2.45) is 10.9 Å². The third kappa shape index (κ3) is 2.49. The number of hydrogen-bond acceptors (Lipinski definition) is 1. The number of rotatable bonds is 2. The van der Waals surface area contributed by atoms with Gasteiger partial charge in [-0.25, -0.2) is 0 Å². The first-order valence-electron chi connectivity index (χ1n) is 7.33. The lowest BCUT2D eigenvalue weighted by atomic mass is 9.98. The van der Waals surface area contributed by atoms with Crippen LogP contribution in [-0.2, 0) is 0 Å². The maximum atomic E-state index is 4.34. The van der Waals surface area contributed by atoms with Gasteiger partial charge in [-0.2, -0.15) is 0 Å². The van der Waals surface area contributed by atoms with E-state index < -0.39 is 0 Å². The fourth-order valence-electron chi connectivity index (χ4n) is 2.81. The Morgan fingerprint density at radius 1 is 1.24 bits per heavy atom. The zero-order valence-electron chi connectivity index (χ0n) is 12.7. The highest BCUT2D eigenvalue weighted by Crippen LogP contribution is 2.22. The summed E-state index contributed by atoms with van der Waals surface area (Å²) in [6, 6.07) is 2.23. The summed E-state index contributed by atoms with van der Waals surface area (Å²) < 4.78 is 0. The number of aromatic nitrogens is 1. The SMILES string of the molecule is C/C=C\C=C/c1cc2c([nH]1)=C(C)C1C=CN=CC(=C1)C=2C. The van der Waals surface area contributed by atoms with Crippen molar-refractivity contribution in [3.8, 4) is 0 Å². The van der Waals surface area contributed by atoms with Crippen molar-refractivity contribution >= 4 is 23.4 Å². The Morgan fingerprint density at radius 3 is 2.90 bits per heavy atom. The van der Waals surface area contributed by atoms with Crippen LogP contribution in [0.3, 0.4) is 0 Å². The first-order chi connectivity index (χ1) is 10.2. The molecule has 106 valence electrons. The molecule has 0 fully saturated rings. The molecule has 1 unspecified atom stereocenters. The number of nitrogens with zero attached hydrogens (tertiary/aromatic N) is 1. The predicted octanol–water partition coefficient (Wildman–Crippen LogP) is 3.10. The first-order valence-corrected chi connectivity index (χ1v) is 7.33. The van der Waals surface area contributed by atoms with Crippen LogP contribution in [0.2, 0.25) is 0 Å². The van der Waals surface area contributed by atoms with Gasteiger partial charge >= 0.3 is 0 Å². The third-order valence-corrected chi connectivity index (χ3v) is 4.10. The normalized spacial score (nSPS) is 20.9. The number of nitrogens with one attached hydrogen (secondary N) is 1. The third-order valence-electron chi connectivity index (χ3n) is 4.10. The number of fused-ring (bicyclic) bond motifs is 2. The number of aliphatic imine (C=N–C) groups is 1. The fourth-order valence-corrected chi connectivity index (χ4v) is 2.81. The summed E-state index contributed by atoms with van der Waals surface area (Å²) in [4.78, 5) is 7.89. The average molecular weight is 276 g/mol. The highest BCUT2D eigenvalue weighted by molar-refractivity contribution is 5.96. The van der Waals surface area contributed by atoms with E-state index in [0.29, 0.717) is 5.92 Å². The minimum atomic E-state index is 0.310. The number of hydrogen-bond donors (Lipinski definition) is 1. The molecule has 2 bridgehead atoms. The van der Waals surface area contributed by atoms with Crippen LogP contribution >= 0.6 is 0 Å². The van der Waals surface area contributed by atoms with E-state index in [9.17, 15) is 0 Å². The Morgan fingerprint density at radius 2 is 2.10 bits per heavy atom. The van der Waals surface area contributed by atoms with E-state index in [4.69, 9.17) is 0 Å². The van der Waals surface area contributed by atoms with Crippen LogP contribution in [0, 0.1) is 5.92 Å². The van der Waals surface area contributed by atoms with E-state index in [1.54, 1.807) is 0 Å². The second-order valence-corrected chi connectivity index (χ2v) is 5.47. The monoisotopic (exact) mass is 276 g/mol. The van der Waals surface area contributed by atoms with Crippen molar-refractivity contribution in [3.63, 3.8) is 0 Å². The van der Waals surface area contributed by atoms with E-state index in [-0.39, 0.29) is 0 Å². The molecule has 21 heavy (non-hydrogen) atoms. The summed E-state index contributed by atoms with van der Waals surface area (Å²) in [6.45, 7) is 6.39. The lowest BCUT2D eigenvalue weighted by Crippen LogP contribution is -2.27. The lowest BCUT2D eigenvalue weighted by molar-refractivity contribution is 1.05. The zero-order valence-corrected chi connectivity index (χ0v) is 12.7. The maximum Gasteiger partial charge on any atom is 0.0459 e. The van der Waals surface area contributed by atoms with Crippen LogP contribution in [-0.4, -0.2) is 11.2 Å². The second-order valence-electron chi connectivity index (χ2n) is 5.47. The number of aromatic amines is 1. The van der Waals surface area contributed by atoms with Gasteiger partial charge in [0.05, 0.1) is 0 Å². The second kappa shape index (κ2) is 5.57. The van der Waals surface area contributed by atoms with E-state index >= 15 is 0 Å². The molecule has 0 saturated carbocycles. The first kappa shape index (κ1) is 13.6. The summed E-state index contributed by atoms with van der Waals surface area (Å²) in [5.74, 6) is 0.310. The van der Waals surface area contributed by atoms with Gasteiger partial charge < -0.3 is 4.98 Å². The van der Waals surface area contributed by atoms with Gasteiger partial charge in [0.1, 0.15) is 0 Å². The molecule has 0 saturated heterocycles. The Kier molecular flexibility index (Phi) is 3.61. The van der Waals surface area contributed by atoms with Crippen LogP contribution in [0.1, 0.15) is 26.5 Å². The summed E-state index contributed by atoms with van der Waals surface area (Å²) in [6.07, 6.45) is 16.5. The van der Waals surface area contributed by atoms with Gasteiger partial charge in [0, 0.05) is 34.6 Å². The molecule has 1 aliphatic carbocycles. The van der Waals surface area contributed by atoms with Crippen molar-refractivity contribution in [1.82, 2.24) is 4.98 Å². The van der Waals surface area contributed by atoms with Gasteiger partial charge in [-0.3, -0.25) is 4.99 Å². The van der Waals surface area contributed by atoms with Crippen molar-refractivity contribution in [2.75, 3.05) is 0 Å². The molecule has 0 amide bonds. The Balaban J connectivity index is 2.25.